The van der Waals surface area contributed by atoms with Gasteiger partial charge in [0.05, 0.1) is 26.0 Å². The average Bonchev–Trinajstić information content (AvgIpc) is 3.43. The molecule has 2 fully saturated rings. The molecule has 0 atom stereocenters. The number of piperazine rings is 1. The highest BCUT2D eigenvalue weighted by Crippen LogP contribution is 2.33. The molecule has 0 unspecified atom stereocenters. The van der Waals surface area contributed by atoms with Gasteiger partial charge in [0, 0.05) is 43.9 Å². The molecular formula is C25H34N6O2S. The molecule has 1 aliphatic carbocycles. The number of aromatic nitrogens is 4. The number of methoxy groups -OCH3 is 1. The van der Waals surface area contributed by atoms with Crippen LogP contribution in [0.3, 0.4) is 0 Å². The topological polar surface area (TPSA) is 64.5 Å². The summed E-state index contributed by atoms with van der Waals surface area (Å²) in [5, 5.41) is 9.05. The van der Waals surface area contributed by atoms with Crippen molar-refractivity contribution in [2.24, 2.45) is 0 Å². The number of ether oxygens (including phenoxy) is 1. The van der Waals surface area contributed by atoms with Crippen molar-refractivity contribution < 1.29 is 9.26 Å². The molecule has 1 aromatic carbocycles. The van der Waals surface area contributed by atoms with Crippen molar-refractivity contribution in [1.29, 1.82) is 0 Å². The van der Waals surface area contributed by atoms with Gasteiger partial charge in [-0.15, -0.1) is 0 Å². The molecule has 34 heavy (non-hydrogen) atoms. The van der Waals surface area contributed by atoms with Crippen LogP contribution >= 0.6 is 12.2 Å². The Morgan fingerprint density at radius 2 is 1.74 bits per heavy atom. The minimum atomic E-state index is 0.425. The van der Waals surface area contributed by atoms with E-state index in [0.29, 0.717) is 6.04 Å². The molecule has 1 saturated heterocycles. The first kappa shape index (κ1) is 23.3. The molecule has 8 nitrogen and oxygen atoms in total. The van der Waals surface area contributed by atoms with E-state index in [9.17, 15) is 0 Å². The van der Waals surface area contributed by atoms with E-state index in [-0.39, 0.29) is 0 Å². The van der Waals surface area contributed by atoms with Gasteiger partial charge in [0.1, 0.15) is 5.75 Å². The summed E-state index contributed by atoms with van der Waals surface area (Å²) in [6, 6.07) is 10.6. The molecule has 9 heteroatoms. The van der Waals surface area contributed by atoms with Crippen LogP contribution in [0.5, 0.6) is 5.75 Å². The van der Waals surface area contributed by atoms with Gasteiger partial charge in [-0.2, -0.15) is 5.10 Å². The van der Waals surface area contributed by atoms with Crippen LogP contribution in [0, 0.1) is 11.7 Å². The first-order valence-corrected chi connectivity index (χ1v) is 12.7. The molecule has 0 radical (unpaired) electrons. The summed E-state index contributed by atoms with van der Waals surface area (Å²) < 4.78 is 15.9. The first-order chi connectivity index (χ1) is 16.6. The predicted octanol–water partition coefficient (Wildman–Crippen LogP) is 4.67. The lowest BCUT2D eigenvalue weighted by Crippen LogP contribution is -2.46. The molecule has 0 amide bonds. The van der Waals surface area contributed by atoms with E-state index in [2.05, 4.69) is 31.7 Å². The van der Waals surface area contributed by atoms with Crippen LogP contribution in [0.2, 0.25) is 0 Å². The van der Waals surface area contributed by atoms with Crippen molar-refractivity contribution in [3.8, 4) is 17.1 Å². The Balaban J connectivity index is 1.32. The SMILES string of the molecule is COc1ccc(-c2nn(CN3CCN(Cc4cc(C)no4)CC3)c(=S)n2C2CCCCC2)cc1. The van der Waals surface area contributed by atoms with Crippen LogP contribution in [0.1, 0.15) is 49.6 Å². The number of aryl methyl sites for hydroxylation is 1. The van der Waals surface area contributed by atoms with Crippen LogP contribution in [-0.4, -0.2) is 62.6 Å². The van der Waals surface area contributed by atoms with E-state index >= 15 is 0 Å². The van der Waals surface area contributed by atoms with Crippen molar-refractivity contribution in [2.45, 2.75) is 58.3 Å². The normalized spacial score (nSPS) is 18.4. The number of rotatable bonds is 7. The second-order valence-corrected chi connectivity index (χ2v) is 9.83. The van der Waals surface area contributed by atoms with Crippen LogP contribution in [-0.2, 0) is 13.2 Å². The van der Waals surface area contributed by atoms with E-state index in [1.165, 1.54) is 32.1 Å². The molecule has 3 heterocycles. The summed E-state index contributed by atoms with van der Waals surface area (Å²) in [6.07, 6.45) is 6.16. The van der Waals surface area contributed by atoms with E-state index in [1.54, 1.807) is 7.11 Å². The fourth-order valence-corrected chi connectivity index (χ4v) is 5.44. The number of nitrogens with zero attached hydrogens (tertiary/aromatic N) is 6. The molecule has 2 aromatic heterocycles. The quantitative estimate of drug-likeness (QED) is 0.454. The van der Waals surface area contributed by atoms with Gasteiger partial charge in [-0.3, -0.25) is 14.4 Å². The lowest BCUT2D eigenvalue weighted by atomic mass is 9.95. The largest absolute Gasteiger partial charge is 0.497 e. The highest BCUT2D eigenvalue weighted by atomic mass is 32.1. The lowest BCUT2D eigenvalue weighted by Gasteiger charge is -2.33. The summed E-state index contributed by atoms with van der Waals surface area (Å²) in [5.74, 6) is 2.76. The highest BCUT2D eigenvalue weighted by Gasteiger charge is 2.24. The number of benzene rings is 1. The summed E-state index contributed by atoms with van der Waals surface area (Å²) >= 11 is 6.01. The van der Waals surface area contributed by atoms with E-state index in [0.717, 1.165) is 72.8 Å². The van der Waals surface area contributed by atoms with Gasteiger partial charge >= 0.3 is 0 Å². The molecule has 1 saturated carbocycles. The van der Waals surface area contributed by atoms with Gasteiger partial charge in [0.15, 0.2) is 16.4 Å². The molecule has 182 valence electrons. The van der Waals surface area contributed by atoms with Gasteiger partial charge in [0.2, 0.25) is 0 Å². The van der Waals surface area contributed by atoms with Crippen molar-refractivity contribution >= 4 is 12.2 Å². The van der Waals surface area contributed by atoms with Crippen LogP contribution < -0.4 is 4.74 Å². The zero-order valence-corrected chi connectivity index (χ0v) is 21.0. The zero-order valence-electron chi connectivity index (χ0n) is 20.2. The maximum absolute atomic E-state index is 6.01. The summed E-state index contributed by atoms with van der Waals surface area (Å²) in [4.78, 5) is 4.85. The fourth-order valence-electron chi connectivity index (χ4n) is 5.11. The Morgan fingerprint density at radius 1 is 1.03 bits per heavy atom. The van der Waals surface area contributed by atoms with Crippen molar-refractivity contribution in [1.82, 2.24) is 29.3 Å². The van der Waals surface area contributed by atoms with Crippen LogP contribution in [0.25, 0.3) is 11.4 Å². The Labute approximate surface area is 206 Å². The summed E-state index contributed by atoms with van der Waals surface area (Å²) in [7, 11) is 1.69. The highest BCUT2D eigenvalue weighted by molar-refractivity contribution is 7.71. The molecule has 0 spiro atoms. The molecule has 3 aromatic rings. The predicted molar refractivity (Wildman–Crippen MR) is 133 cm³/mol. The smallest absolute Gasteiger partial charge is 0.199 e. The Hall–Kier alpha value is -2.49. The molecular weight excluding hydrogens is 448 g/mol. The third-order valence-electron chi connectivity index (χ3n) is 7.01. The molecule has 0 bridgehead atoms. The standard InChI is InChI=1S/C25H34N6O2S/c1-19-16-23(33-27-19)17-28-12-14-29(15-13-28)18-30-25(34)31(21-6-4-3-5-7-21)24(26-30)20-8-10-22(32-2)11-9-20/h8-11,16,21H,3-7,12-15,17-18H2,1-2H3. The van der Waals surface area contributed by atoms with Gasteiger partial charge < -0.3 is 9.26 Å². The third kappa shape index (κ3) is 5.11. The fraction of sp³-hybridized carbons (Fsp3) is 0.560. The van der Waals surface area contributed by atoms with Crippen molar-refractivity contribution in [2.75, 3.05) is 33.3 Å². The Morgan fingerprint density at radius 3 is 2.38 bits per heavy atom. The first-order valence-electron chi connectivity index (χ1n) is 12.3. The Kier molecular flexibility index (Phi) is 7.12. The molecule has 1 aliphatic heterocycles. The van der Waals surface area contributed by atoms with Gasteiger partial charge in [-0.25, -0.2) is 4.68 Å². The zero-order chi connectivity index (χ0) is 23.5. The second kappa shape index (κ2) is 10.4. The van der Waals surface area contributed by atoms with Crippen molar-refractivity contribution in [3.63, 3.8) is 0 Å². The minimum absolute atomic E-state index is 0.425. The van der Waals surface area contributed by atoms with E-state index in [4.69, 9.17) is 26.6 Å². The number of hydrogen-bond donors (Lipinski definition) is 0. The maximum Gasteiger partial charge on any atom is 0.199 e. The van der Waals surface area contributed by atoms with Crippen LogP contribution in [0.4, 0.5) is 0 Å². The average molecular weight is 483 g/mol. The van der Waals surface area contributed by atoms with Gasteiger partial charge in [-0.05, 0) is 56.2 Å². The maximum atomic E-state index is 6.01. The Bertz CT molecular complexity index is 1140. The van der Waals surface area contributed by atoms with Crippen molar-refractivity contribution in [3.05, 3.63) is 46.6 Å². The second-order valence-electron chi connectivity index (χ2n) is 9.47. The van der Waals surface area contributed by atoms with E-state index < -0.39 is 0 Å². The molecule has 5 rings (SSSR count). The minimum Gasteiger partial charge on any atom is -0.497 e. The lowest BCUT2D eigenvalue weighted by molar-refractivity contribution is 0.0918. The van der Waals surface area contributed by atoms with Crippen LogP contribution in [0.15, 0.2) is 34.9 Å². The monoisotopic (exact) mass is 482 g/mol. The third-order valence-corrected chi connectivity index (χ3v) is 7.42. The number of hydrogen-bond acceptors (Lipinski definition) is 7. The molecule has 0 N–H and O–H groups in total. The van der Waals surface area contributed by atoms with E-state index in [1.807, 2.05) is 29.8 Å². The summed E-state index contributed by atoms with van der Waals surface area (Å²) in [5.41, 5.74) is 2.02. The summed E-state index contributed by atoms with van der Waals surface area (Å²) in [6.45, 7) is 7.42. The molecule has 2 aliphatic rings. The van der Waals surface area contributed by atoms with Gasteiger partial charge in [-0.1, -0.05) is 24.4 Å². The van der Waals surface area contributed by atoms with Gasteiger partial charge in [0.25, 0.3) is 0 Å².